The summed E-state index contributed by atoms with van der Waals surface area (Å²) in [6.07, 6.45) is -0.328. The number of aliphatic hydroxyl groups is 1. The highest BCUT2D eigenvalue weighted by molar-refractivity contribution is 5.62. The predicted molar refractivity (Wildman–Crippen MR) is 64.9 cm³/mol. The van der Waals surface area contributed by atoms with Gasteiger partial charge in [0, 0.05) is 17.9 Å². The average Bonchev–Trinajstić information content (AvgIpc) is 2.19. The van der Waals surface area contributed by atoms with Gasteiger partial charge in [-0.15, -0.1) is 0 Å². The molecule has 84 valence electrons. The Morgan fingerprint density at radius 1 is 1.40 bits per heavy atom. The molecule has 0 amide bonds. The number of nitrogen functional groups attached to an aromatic ring is 1. The number of rotatable bonds is 4. The lowest BCUT2D eigenvalue weighted by atomic mass is 10.1. The van der Waals surface area contributed by atoms with Crippen LogP contribution < -0.4 is 11.1 Å². The van der Waals surface area contributed by atoms with Crippen LogP contribution >= 0.6 is 0 Å². The Labute approximate surface area is 91.3 Å². The van der Waals surface area contributed by atoms with Gasteiger partial charge in [0.2, 0.25) is 0 Å². The first kappa shape index (κ1) is 11.9. The molecule has 1 aromatic carbocycles. The first-order valence-corrected chi connectivity index (χ1v) is 5.29. The molecule has 0 saturated heterocycles. The molecule has 0 fully saturated rings. The van der Waals surface area contributed by atoms with E-state index in [0.717, 1.165) is 16.9 Å². The smallest absolute Gasteiger partial charge is 0.0735 e. The maximum atomic E-state index is 9.65. The zero-order chi connectivity index (χ0) is 11.4. The van der Waals surface area contributed by atoms with Crippen molar-refractivity contribution in [1.82, 2.24) is 0 Å². The van der Waals surface area contributed by atoms with Gasteiger partial charge in [0.15, 0.2) is 0 Å². The number of nitrogens with one attached hydrogen (secondary N) is 1. The van der Waals surface area contributed by atoms with Crippen LogP contribution in [0.3, 0.4) is 0 Å². The molecule has 1 unspecified atom stereocenters. The van der Waals surface area contributed by atoms with E-state index in [9.17, 15) is 5.11 Å². The number of benzene rings is 1. The molecule has 3 heteroatoms. The number of nitrogens with two attached hydrogens (primary N) is 1. The Bertz CT molecular complexity index is 323. The molecule has 4 N–H and O–H groups in total. The third kappa shape index (κ3) is 3.13. The monoisotopic (exact) mass is 208 g/mol. The summed E-state index contributed by atoms with van der Waals surface area (Å²) in [6.45, 7) is 6.53. The maximum absolute atomic E-state index is 9.65. The molecule has 0 heterocycles. The van der Waals surface area contributed by atoms with E-state index in [0.29, 0.717) is 6.54 Å². The minimum atomic E-state index is -0.328. The second-order valence-corrected chi connectivity index (χ2v) is 4.21. The second kappa shape index (κ2) is 5.03. The maximum Gasteiger partial charge on any atom is 0.0735 e. The van der Waals surface area contributed by atoms with E-state index in [2.05, 4.69) is 5.32 Å². The minimum Gasteiger partial charge on any atom is -0.398 e. The lowest BCUT2D eigenvalue weighted by Crippen LogP contribution is -2.25. The van der Waals surface area contributed by atoms with Gasteiger partial charge in [-0.25, -0.2) is 0 Å². The van der Waals surface area contributed by atoms with Crippen LogP contribution in [0.4, 0.5) is 11.4 Å². The van der Waals surface area contributed by atoms with Crippen LogP contribution in [0.1, 0.15) is 19.4 Å². The van der Waals surface area contributed by atoms with Crippen LogP contribution in [0.25, 0.3) is 0 Å². The molecular formula is C12H20N2O. The summed E-state index contributed by atoms with van der Waals surface area (Å²) < 4.78 is 0. The topological polar surface area (TPSA) is 58.3 Å². The normalized spacial score (nSPS) is 12.9. The van der Waals surface area contributed by atoms with E-state index in [-0.39, 0.29) is 12.0 Å². The molecule has 0 aliphatic carbocycles. The van der Waals surface area contributed by atoms with Gasteiger partial charge in [-0.1, -0.05) is 19.9 Å². The van der Waals surface area contributed by atoms with E-state index in [1.165, 1.54) is 0 Å². The molecule has 0 aromatic heterocycles. The molecule has 0 aliphatic heterocycles. The Morgan fingerprint density at radius 2 is 2.07 bits per heavy atom. The highest BCUT2D eigenvalue weighted by Gasteiger charge is 2.09. The zero-order valence-corrected chi connectivity index (χ0v) is 9.62. The third-order valence-corrected chi connectivity index (χ3v) is 2.65. The first-order valence-electron chi connectivity index (χ1n) is 5.29. The van der Waals surface area contributed by atoms with Crippen LogP contribution in [-0.2, 0) is 0 Å². The third-order valence-electron chi connectivity index (χ3n) is 2.65. The lowest BCUT2D eigenvalue weighted by Gasteiger charge is -2.17. The van der Waals surface area contributed by atoms with E-state index in [1.807, 2.05) is 39.0 Å². The fraction of sp³-hybridized carbons (Fsp3) is 0.500. The minimum absolute atomic E-state index is 0.263. The Morgan fingerprint density at radius 3 is 2.67 bits per heavy atom. The summed E-state index contributed by atoms with van der Waals surface area (Å²) in [4.78, 5) is 0. The van der Waals surface area contributed by atoms with Gasteiger partial charge in [-0.2, -0.15) is 0 Å². The summed E-state index contributed by atoms with van der Waals surface area (Å²) in [5.41, 5.74) is 8.59. The van der Waals surface area contributed by atoms with Gasteiger partial charge in [-0.3, -0.25) is 0 Å². The van der Waals surface area contributed by atoms with Gasteiger partial charge < -0.3 is 16.2 Å². The van der Waals surface area contributed by atoms with Crippen LogP contribution in [0, 0.1) is 12.8 Å². The Kier molecular flexibility index (Phi) is 3.97. The van der Waals surface area contributed by atoms with Crippen LogP contribution in [0.2, 0.25) is 0 Å². The van der Waals surface area contributed by atoms with Gasteiger partial charge in [0.25, 0.3) is 0 Å². The SMILES string of the molecule is Cc1c(N)cccc1NCC(O)C(C)C. The zero-order valence-electron chi connectivity index (χ0n) is 9.62. The molecular weight excluding hydrogens is 188 g/mol. The highest BCUT2D eigenvalue weighted by atomic mass is 16.3. The molecule has 15 heavy (non-hydrogen) atoms. The van der Waals surface area contributed by atoms with Gasteiger partial charge >= 0.3 is 0 Å². The van der Waals surface area contributed by atoms with Gasteiger partial charge in [0.1, 0.15) is 0 Å². The fourth-order valence-electron chi connectivity index (χ4n) is 1.30. The molecule has 0 radical (unpaired) electrons. The summed E-state index contributed by atoms with van der Waals surface area (Å²) >= 11 is 0. The summed E-state index contributed by atoms with van der Waals surface area (Å²) in [5.74, 6) is 0.263. The number of aliphatic hydroxyl groups excluding tert-OH is 1. The van der Waals surface area contributed by atoms with E-state index in [4.69, 9.17) is 5.73 Å². The van der Waals surface area contributed by atoms with Crippen molar-refractivity contribution >= 4 is 11.4 Å². The Hall–Kier alpha value is -1.22. The van der Waals surface area contributed by atoms with Crippen molar-refractivity contribution in [2.75, 3.05) is 17.6 Å². The van der Waals surface area contributed by atoms with Crippen LogP contribution in [0.5, 0.6) is 0 Å². The quantitative estimate of drug-likeness (QED) is 0.663. The largest absolute Gasteiger partial charge is 0.398 e. The molecule has 1 atom stereocenters. The molecule has 1 aromatic rings. The van der Waals surface area contributed by atoms with Crippen molar-refractivity contribution in [3.8, 4) is 0 Å². The fourth-order valence-corrected chi connectivity index (χ4v) is 1.30. The molecule has 3 nitrogen and oxygen atoms in total. The van der Waals surface area contributed by atoms with E-state index >= 15 is 0 Å². The lowest BCUT2D eigenvalue weighted by molar-refractivity contribution is 0.138. The van der Waals surface area contributed by atoms with Gasteiger partial charge in [0.05, 0.1) is 6.10 Å². The summed E-state index contributed by atoms with van der Waals surface area (Å²) in [5, 5.41) is 12.9. The second-order valence-electron chi connectivity index (χ2n) is 4.21. The predicted octanol–water partition coefficient (Wildman–Crippen LogP) is 2.01. The number of hydrogen-bond acceptors (Lipinski definition) is 3. The standard InChI is InChI=1S/C12H20N2O/c1-8(2)12(15)7-14-11-6-4-5-10(13)9(11)3/h4-6,8,12,14-15H,7,13H2,1-3H3. The number of anilines is 2. The summed E-state index contributed by atoms with van der Waals surface area (Å²) in [6, 6.07) is 5.75. The number of hydrogen-bond donors (Lipinski definition) is 3. The first-order chi connectivity index (χ1) is 7.02. The van der Waals surface area contributed by atoms with Crippen molar-refractivity contribution in [1.29, 1.82) is 0 Å². The highest BCUT2D eigenvalue weighted by Crippen LogP contribution is 2.20. The van der Waals surface area contributed by atoms with Crippen LogP contribution in [-0.4, -0.2) is 17.8 Å². The summed E-state index contributed by atoms with van der Waals surface area (Å²) in [7, 11) is 0. The van der Waals surface area contributed by atoms with E-state index < -0.39 is 0 Å². The van der Waals surface area contributed by atoms with Crippen LogP contribution in [0.15, 0.2) is 18.2 Å². The van der Waals surface area contributed by atoms with Crippen molar-refractivity contribution in [2.24, 2.45) is 5.92 Å². The average molecular weight is 208 g/mol. The van der Waals surface area contributed by atoms with Gasteiger partial charge in [-0.05, 0) is 30.5 Å². The molecule has 0 saturated carbocycles. The molecule has 0 aliphatic rings. The van der Waals surface area contributed by atoms with Crippen molar-refractivity contribution in [3.63, 3.8) is 0 Å². The Balaban J connectivity index is 2.62. The van der Waals surface area contributed by atoms with Crippen molar-refractivity contribution in [2.45, 2.75) is 26.9 Å². The molecule has 0 spiro atoms. The van der Waals surface area contributed by atoms with E-state index in [1.54, 1.807) is 0 Å². The van der Waals surface area contributed by atoms with Crippen molar-refractivity contribution < 1.29 is 5.11 Å². The molecule has 1 rings (SSSR count). The van der Waals surface area contributed by atoms with Crippen molar-refractivity contribution in [3.05, 3.63) is 23.8 Å². The molecule has 0 bridgehead atoms.